The van der Waals surface area contributed by atoms with Crippen molar-refractivity contribution in [3.05, 3.63) is 0 Å². The Morgan fingerprint density at radius 1 is 0.600 bits per heavy atom. The van der Waals surface area contributed by atoms with Crippen molar-refractivity contribution in [2.24, 2.45) is 0 Å². The molecule has 1 fully saturated rings. The second-order valence-corrected chi connectivity index (χ2v) is 6.32. The van der Waals surface area contributed by atoms with E-state index in [2.05, 4.69) is 13.8 Å². The monoisotopic (exact) mass is 284 g/mol. The zero-order valence-corrected chi connectivity index (χ0v) is 14.0. The number of ether oxygens (including phenoxy) is 2. The summed E-state index contributed by atoms with van der Waals surface area (Å²) in [6.45, 7) is 6.58. The van der Waals surface area contributed by atoms with Crippen LogP contribution in [-0.2, 0) is 9.47 Å². The van der Waals surface area contributed by atoms with Crippen molar-refractivity contribution >= 4 is 0 Å². The number of hydrogen-bond donors (Lipinski definition) is 0. The second-order valence-electron chi connectivity index (χ2n) is 6.32. The van der Waals surface area contributed by atoms with Crippen LogP contribution in [-0.4, -0.2) is 18.5 Å². The standard InChI is InChI=1S/C18H36O2/c1-4-6-8-10-11-13-15-18-17(19-16(3)20-18)14-12-9-7-5-2/h16-18H,4-15H2,1-3H3/t16?,17-,18+/m1/s1. The largest absolute Gasteiger partial charge is 0.347 e. The molecule has 1 unspecified atom stereocenters. The molecule has 0 saturated carbocycles. The maximum Gasteiger partial charge on any atom is 0.155 e. The first-order valence-corrected chi connectivity index (χ1v) is 9.08. The number of rotatable bonds is 12. The normalized spacial score (nSPS) is 26.2. The average Bonchev–Trinajstić information content (AvgIpc) is 2.79. The Hall–Kier alpha value is -0.0800. The molecule has 2 heteroatoms. The van der Waals surface area contributed by atoms with Crippen molar-refractivity contribution in [1.82, 2.24) is 0 Å². The SMILES string of the molecule is CCCCCCCC[C@@H]1OC(C)O[C@@H]1CCCCCC. The molecule has 2 nitrogen and oxygen atoms in total. The molecule has 1 heterocycles. The smallest absolute Gasteiger partial charge is 0.155 e. The van der Waals surface area contributed by atoms with E-state index in [1.165, 1.54) is 77.0 Å². The van der Waals surface area contributed by atoms with Gasteiger partial charge in [-0.1, -0.05) is 78.1 Å². The molecule has 0 aromatic rings. The molecule has 0 radical (unpaired) electrons. The fourth-order valence-corrected chi connectivity index (χ4v) is 3.11. The van der Waals surface area contributed by atoms with Gasteiger partial charge < -0.3 is 9.47 Å². The van der Waals surface area contributed by atoms with E-state index >= 15 is 0 Å². The molecule has 0 aromatic heterocycles. The Morgan fingerprint density at radius 3 is 1.50 bits per heavy atom. The molecular formula is C18H36O2. The quantitative estimate of drug-likeness (QED) is 0.419. The summed E-state index contributed by atoms with van der Waals surface area (Å²) in [5, 5.41) is 0. The van der Waals surface area contributed by atoms with Gasteiger partial charge in [-0.2, -0.15) is 0 Å². The van der Waals surface area contributed by atoms with Gasteiger partial charge in [-0.15, -0.1) is 0 Å². The predicted molar refractivity (Wildman–Crippen MR) is 86.0 cm³/mol. The molecule has 120 valence electrons. The zero-order valence-electron chi connectivity index (χ0n) is 14.0. The van der Waals surface area contributed by atoms with E-state index in [-0.39, 0.29) is 6.29 Å². The van der Waals surface area contributed by atoms with Gasteiger partial charge in [0.2, 0.25) is 0 Å². The highest BCUT2D eigenvalue weighted by molar-refractivity contribution is 4.76. The fraction of sp³-hybridized carbons (Fsp3) is 1.00. The minimum Gasteiger partial charge on any atom is -0.347 e. The van der Waals surface area contributed by atoms with Crippen LogP contribution in [0.2, 0.25) is 0 Å². The van der Waals surface area contributed by atoms with Gasteiger partial charge in [0.25, 0.3) is 0 Å². The first-order chi connectivity index (χ1) is 9.77. The summed E-state index contributed by atoms with van der Waals surface area (Å²) in [5.41, 5.74) is 0. The van der Waals surface area contributed by atoms with E-state index in [0.29, 0.717) is 12.2 Å². The van der Waals surface area contributed by atoms with Crippen LogP contribution in [0.25, 0.3) is 0 Å². The third-order valence-corrected chi connectivity index (χ3v) is 4.33. The van der Waals surface area contributed by atoms with Crippen molar-refractivity contribution < 1.29 is 9.47 Å². The molecule has 20 heavy (non-hydrogen) atoms. The lowest BCUT2D eigenvalue weighted by atomic mass is 10.00. The Morgan fingerprint density at radius 2 is 1.00 bits per heavy atom. The van der Waals surface area contributed by atoms with E-state index in [4.69, 9.17) is 9.47 Å². The summed E-state index contributed by atoms with van der Waals surface area (Å²) in [5.74, 6) is 0. The summed E-state index contributed by atoms with van der Waals surface area (Å²) in [6, 6.07) is 0. The number of unbranched alkanes of at least 4 members (excludes halogenated alkanes) is 8. The van der Waals surface area contributed by atoms with Gasteiger partial charge in [-0.05, 0) is 19.8 Å². The molecule has 0 aromatic carbocycles. The lowest BCUT2D eigenvalue weighted by Gasteiger charge is -2.16. The lowest BCUT2D eigenvalue weighted by molar-refractivity contribution is -0.0524. The Labute approximate surface area is 126 Å². The van der Waals surface area contributed by atoms with Crippen LogP contribution in [0.4, 0.5) is 0 Å². The molecule has 0 amide bonds. The maximum absolute atomic E-state index is 5.94. The van der Waals surface area contributed by atoms with Gasteiger partial charge in [0.05, 0.1) is 12.2 Å². The molecule has 0 bridgehead atoms. The fourth-order valence-electron chi connectivity index (χ4n) is 3.11. The molecule has 1 saturated heterocycles. The first-order valence-electron chi connectivity index (χ1n) is 9.08. The molecule has 1 aliphatic heterocycles. The lowest BCUT2D eigenvalue weighted by Crippen LogP contribution is -2.22. The summed E-state index contributed by atoms with van der Waals surface area (Å²) in [7, 11) is 0. The highest BCUT2D eigenvalue weighted by atomic mass is 16.7. The van der Waals surface area contributed by atoms with Crippen LogP contribution in [0.15, 0.2) is 0 Å². The molecular weight excluding hydrogens is 248 g/mol. The molecule has 0 aliphatic carbocycles. The van der Waals surface area contributed by atoms with Crippen LogP contribution in [0.1, 0.15) is 97.8 Å². The molecule has 0 N–H and O–H groups in total. The Kier molecular flexibility index (Phi) is 10.4. The minimum absolute atomic E-state index is 0.0104. The Balaban J connectivity index is 2.10. The van der Waals surface area contributed by atoms with E-state index in [1.807, 2.05) is 6.92 Å². The molecule has 3 atom stereocenters. The average molecular weight is 284 g/mol. The van der Waals surface area contributed by atoms with Crippen molar-refractivity contribution in [3.63, 3.8) is 0 Å². The Bertz CT molecular complexity index is 217. The van der Waals surface area contributed by atoms with Crippen molar-refractivity contribution in [2.75, 3.05) is 0 Å². The van der Waals surface area contributed by atoms with E-state index < -0.39 is 0 Å². The highest BCUT2D eigenvalue weighted by Crippen LogP contribution is 2.27. The third-order valence-electron chi connectivity index (χ3n) is 4.33. The van der Waals surface area contributed by atoms with Gasteiger partial charge in [-0.3, -0.25) is 0 Å². The first kappa shape index (κ1) is 18.0. The van der Waals surface area contributed by atoms with E-state index in [0.717, 1.165) is 0 Å². The zero-order chi connectivity index (χ0) is 14.6. The molecule has 1 aliphatic rings. The van der Waals surface area contributed by atoms with Crippen LogP contribution < -0.4 is 0 Å². The van der Waals surface area contributed by atoms with Crippen LogP contribution in [0.5, 0.6) is 0 Å². The highest BCUT2D eigenvalue weighted by Gasteiger charge is 2.32. The van der Waals surface area contributed by atoms with Crippen LogP contribution >= 0.6 is 0 Å². The summed E-state index contributed by atoms with van der Waals surface area (Å²) >= 11 is 0. The molecule has 1 rings (SSSR count). The van der Waals surface area contributed by atoms with Gasteiger partial charge in [0.1, 0.15) is 0 Å². The van der Waals surface area contributed by atoms with Crippen molar-refractivity contribution in [2.45, 2.75) is 116 Å². The van der Waals surface area contributed by atoms with Crippen LogP contribution in [0, 0.1) is 0 Å². The van der Waals surface area contributed by atoms with Crippen LogP contribution in [0.3, 0.4) is 0 Å². The summed E-state index contributed by atoms with van der Waals surface area (Å²) in [4.78, 5) is 0. The van der Waals surface area contributed by atoms with E-state index in [9.17, 15) is 0 Å². The number of hydrogen-bond acceptors (Lipinski definition) is 2. The third kappa shape index (κ3) is 7.64. The van der Waals surface area contributed by atoms with Gasteiger partial charge in [0.15, 0.2) is 6.29 Å². The van der Waals surface area contributed by atoms with E-state index in [1.54, 1.807) is 0 Å². The van der Waals surface area contributed by atoms with Gasteiger partial charge in [0, 0.05) is 0 Å². The van der Waals surface area contributed by atoms with Gasteiger partial charge in [-0.25, -0.2) is 0 Å². The summed E-state index contributed by atoms with van der Waals surface area (Å²) < 4.78 is 11.9. The van der Waals surface area contributed by atoms with Crippen molar-refractivity contribution in [1.29, 1.82) is 0 Å². The van der Waals surface area contributed by atoms with Crippen molar-refractivity contribution in [3.8, 4) is 0 Å². The maximum atomic E-state index is 5.94. The minimum atomic E-state index is 0.0104. The topological polar surface area (TPSA) is 18.5 Å². The second kappa shape index (κ2) is 11.6. The van der Waals surface area contributed by atoms with Gasteiger partial charge >= 0.3 is 0 Å². The molecule has 0 spiro atoms. The predicted octanol–water partition coefficient (Wildman–Crippen LogP) is 5.84. The summed E-state index contributed by atoms with van der Waals surface area (Å²) in [6.07, 6.45) is 16.6.